The smallest absolute Gasteiger partial charge is 0.0469 e. The van der Waals surface area contributed by atoms with Crippen LogP contribution in [-0.4, -0.2) is 4.98 Å². The van der Waals surface area contributed by atoms with Crippen LogP contribution in [0.25, 0.3) is 17.2 Å². The number of nitrogens with zero attached hydrogens (tertiary/aromatic N) is 1. The van der Waals surface area contributed by atoms with Gasteiger partial charge in [0.25, 0.3) is 0 Å². The Bertz CT molecular complexity index is 728. The first-order valence-electron chi connectivity index (χ1n) is 7.57. The fourth-order valence-corrected chi connectivity index (χ4v) is 2.42. The average molecular weight is 285 g/mol. The Morgan fingerprint density at radius 2 is 1.45 bits per heavy atom. The first kappa shape index (κ1) is 14.3. The third kappa shape index (κ3) is 3.50. The number of hydrogen-bond acceptors (Lipinski definition) is 1. The molecule has 1 heteroatoms. The van der Waals surface area contributed by atoms with Gasteiger partial charge in [0.15, 0.2) is 0 Å². The van der Waals surface area contributed by atoms with Gasteiger partial charge in [-0.25, -0.2) is 0 Å². The van der Waals surface area contributed by atoms with E-state index in [0.29, 0.717) is 5.92 Å². The van der Waals surface area contributed by atoms with Crippen LogP contribution in [0.1, 0.15) is 24.1 Å². The van der Waals surface area contributed by atoms with Crippen molar-refractivity contribution in [3.8, 4) is 11.1 Å². The highest BCUT2D eigenvalue weighted by Crippen LogP contribution is 2.20. The predicted octanol–water partition coefficient (Wildman–Crippen LogP) is 5.57. The normalized spacial score (nSPS) is 12.4. The fraction of sp³-hybridized carbons (Fsp3) is 0.0952. The van der Waals surface area contributed by atoms with Gasteiger partial charge in [0, 0.05) is 17.8 Å². The molecule has 3 rings (SSSR count). The molecule has 0 saturated heterocycles. The quantitative estimate of drug-likeness (QED) is 0.611. The lowest BCUT2D eigenvalue weighted by molar-refractivity contribution is 0.911. The molecule has 2 aromatic carbocycles. The molecule has 1 atom stereocenters. The number of benzene rings is 2. The summed E-state index contributed by atoms with van der Waals surface area (Å²) in [6, 6.07) is 25.1. The molecule has 0 aliphatic heterocycles. The van der Waals surface area contributed by atoms with E-state index in [-0.39, 0.29) is 0 Å². The van der Waals surface area contributed by atoms with Gasteiger partial charge < -0.3 is 0 Å². The van der Waals surface area contributed by atoms with E-state index in [1.54, 1.807) is 0 Å². The first-order chi connectivity index (χ1) is 10.8. The summed E-state index contributed by atoms with van der Waals surface area (Å²) in [5.41, 5.74) is 4.80. The highest BCUT2D eigenvalue weighted by Gasteiger charge is 2.01. The molecule has 0 fully saturated rings. The number of hydrogen-bond donors (Lipinski definition) is 0. The zero-order valence-electron chi connectivity index (χ0n) is 12.7. The van der Waals surface area contributed by atoms with Crippen LogP contribution < -0.4 is 0 Å². The topological polar surface area (TPSA) is 12.9 Å². The highest BCUT2D eigenvalue weighted by atomic mass is 14.7. The minimum absolute atomic E-state index is 0.315. The minimum Gasteiger partial charge on any atom is -0.261 e. The van der Waals surface area contributed by atoms with Crippen LogP contribution in [0.3, 0.4) is 0 Å². The molecule has 0 saturated carbocycles. The van der Waals surface area contributed by atoms with E-state index in [9.17, 15) is 0 Å². The number of rotatable bonds is 4. The summed E-state index contributed by atoms with van der Waals surface area (Å²) in [6.45, 7) is 2.16. The molecule has 0 aliphatic carbocycles. The molecule has 0 spiro atoms. The van der Waals surface area contributed by atoms with Crippen molar-refractivity contribution in [2.24, 2.45) is 0 Å². The zero-order valence-corrected chi connectivity index (χ0v) is 12.7. The third-order valence-electron chi connectivity index (χ3n) is 3.75. The summed E-state index contributed by atoms with van der Waals surface area (Å²) in [6.07, 6.45) is 6.20. The fourth-order valence-electron chi connectivity index (χ4n) is 2.42. The van der Waals surface area contributed by atoms with E-state index in [0.717, 1.165) is 5.69 Å². The lowest BCUT2D eigenvalue weighted by atomic mass is 10.0. The molecule has 108 valence electrons. The van der Waals surface area contributed by atoms with Crippen LogP contribution in [-0.2, 0) is 0 Å². The van der Waals surface area contributed by atoms with E-state index < -0.39 is 0 Å². The molecule has 0 radical (unpaired) electrons. The Kier molecular flexibility index (Phi) is 4.45. The van der Waals surface area contributed by atoms with E-state index in [1.807, 2.05) is 24.4 Å². The molecule has 22 heavy (non-hydrogen) atoms. The summed E-state index contributed by atoms with van der Waals surface area (Å²) in [5.74, 6) is 0.315. The van der Waals surface area contributed by atoms with E-state index in [2.05, 4.69) is 78.7 Å². The summed E-state index contributed by atoms with van der Waals surface area (Å²) in [5, 5.41) is 0. The van der Waals surface area contributed by atoms with Crippen molar-refractivity contribution in [1.82, 2.24) is 4.98 Å². The highest BCUT2D eigenvalue weighted by molar-refractivity contribution is 5.65. The lowest BCUT2D eigenvalue weighted by Gasteiger charge is -2.05. The number of aromatic nitrogens is 1. The molecular weight excluding hydrogens is 266 g/mol. The van der Waals surface area contributed by atoms with Gasteiger partial charge in [0.2, 0.25) is 0 Å². The van der Waals surface area contributed by atoms with Crippen LogP contribution in [0.5, 0.6) is 0 Å². The second kappa shape index (κ2) is 6.86. The number of pyridine rings is 1. The predicted molar refractivity (Wildman–Crippen MR) is 93.6 cm³/mol. The maximum atomic E-state index is 4.39. The van der Waals surface area contributed by atoms with Gasteiger partial charge in [-0.15, -0.1) is 0 Å². The minimum atomic E-state index is 0.315. The third-order valence-corrected chi connectivity index (χ3v) is 3.75. The van der Waals surface area contributed by atoms with E-state index in [4.69, 9.17) is 0 Å². The van der Waals surface area contributed by atoms with Crippen LogP contribution in [0.2, 0.25) is 0 Å². The monoisotopic (exact) mass is 285 g/mol. The second-order valence-corrected chi connectivity index (χ2v) is 5.39. The van der Waals surface area contributed by atoms with Crippen molar-refractivity contribution < 1.29 is 0 Å². The SMILES string of the molecule is CC(/C=C/c1ccc(-c2ccccc2)cc1)c1ccccn1. The molecule has 0 aliphatic rings. The molecule has 0 bridgehead atoms. The van der Waals surface area contributed by atoms with E-state index in [1.165, 1.54) is 16.7 Å². The van der Waals surface area contributed by atoms with Crippen LogP contribution >= 0.6 is 0 Å². The van der Waals surface area contributed by atoms with Crippen LogP contribution in [0.15, 0.2) is 85.1 Å². The van der Waals surface area contributed by atoms with Gasteiger partial charge in [-0.05, 0) is 28.8 Å². The largest absolute Gasteiger partial charge is 0.261 e. The molecular formula is C21H19N. The summed E-state index contributed by atoms with van der Waals surface area (Å²) in [7, 11) is 0. The molecule has 3 aromatic rings. The van der Waals surface area contributed by atoms with Gasteiger partial charge >= 0.3 is 0 Å². The molecule has 1 aromatic heterocycles. The van der Waals surface area contributed by atoms with Crippen molar-refractivity contribution in [3.63, 3.8) is 0 Å². The first-order valence-corrected chi connectivity index (χ1v) is 7.57. The van der Waals surface area contributed by atoms with Gasteiger partial charge in [-0.3, -0.25) is 4.98 Å². The van der Waals surface area contributed by atoms with Crippen molar-refractivity contribution in [2.45, 2.75) is 12.8 Å². The van der Waals surface area contributed by atoms with Crippen LogP contribution in [0.4, 0.5) is 0 Å². The van der Waals surface area contributed by atoms with Crippen molar-refractivity contribution >= 4 is 6.08 Å². The summed E-state index contributed by atoms with van der Waals surface area (Å²) in [4.78, 5) is 4.39. The molecule has 1 heterocycles. The average Bonchev–Trinajstić information content (AvgIpc) is 2.61. The van der Waals surface area contributed by atoms with Gasteiger partial charge in [-0.2, -0.15) is 0 Å². The van der Waals surface area contributed by atoms with E-state index >= 15 is 0 Å². The van der Waals surface area contributed by atoms with Gasteiger partial charge in [0.05, 0.1) is 0 Å². The standard InChI is InChI=1S/C21H19N/c1-17(21-9-5-6-16-22-21)10-11-18-12-14-20(15-13-18)19-7-3-2-4-8-19/h2-17H,1H3/b11-10+. The van der Waals surface area contributed by atoms with Crippen molar-refractivity contribution in [3.05, 3.63) is 96.3 Å². The Morgan fingerprint density at radius 3 is 2.14 bits per heavy atom. The maximum absolute atomic E-state index is 4.39. The second-order valence-electron chi connectivity index (χ2n) is 5.39. The molecule has 0 amide bonds. The summed E-state index contributed by atoms with van der Waals surface area (Å²) >= 11 is 0. The zero-order chi connectivity index (χ0) is 15.2. The number of allylic oxidation sites excluding steroid dienone is 1. The van der Waals surface area contributed by atoms with Gasteiger partial charge in [-0.1, -0.05) is 79.7 Å². The van der Waals surface area contributed by atoms with Crippen molar-refractivity contribution in [2.75, 3.05) is 0 Å². The Balaban J connectivity index is 1.72. The Labute approximate surface area is 132 Å². The maximum Gasteiger partial charge on any atom is 0.0469 e. The summed E-state index contributed by atoms with van der Waals surface area (Å²) < 4.78 is 0. The van der Waals surface area contributed by atoms with Crippen molar-refractivity contribution in [1.29, 1.82) is 0 Å². The molecule has 0 N–H and O–H groups in total. The lowest BCUT2D eigenvalue weighted by Crippen LogP contribution is -1.91. The van der Waals surface area contributed by atoms with Gasteiger partial charge in [0.1, 0.15) is 0 Å². The van der Waals surface area contributed by atoms with Crippen LogP contribution in [0, 0.1) is 0 Å². The molecule has 1 unspecified atom stereocenters. The Morgan fingerprint density at radius 1 is 0.773 bits per heavy atom. The molecule has 1 nitrogen and oxygen atoms in total. The Hall–Kier alpha value is -2.67.